The van der Waals surface area contributed by atoms with Crippen molar-refractivity contribution >= 4 is 23.4 Å². The molecule has 9 heteroatoms. The zero-order chi connectivity index (χ0) is 19.9. The van der Waals surface area contributed by atoms with E-state index < -0.39 is 11.5 Å². The number of ketones is 1. The molecule has 6 nitrogen and oxygen atoms in total. The average molecular weight is 415 g/mol. The Morgan fingerprint density at radius 2 is 2.14 bits per heavy atom. The van der Waals surface area contributed by atoms with Crippen LogP contribution < -0.4 is 4.74 Å². The van der Waals surface area contributed by atoms with Gasteiger partial charge in [-0.05, 0) is 24.6 Å². The van der Waals surface area contributed by atoms with E-state index in [4.69, 9.17) is 21.1 Å². The molecule has 3 aliphatic heterocycles. The summed E-state index contributed by atoms with van der Waals surface area (Å²) in [4.78, 5) is 27.3. The Labute approximate surface area is 166 Å². The molecule has 0 unspecified atom stereocenters. The van der Waals surface area contributed by atoms with E-state index in [1.807, 2.05) is 0 Å². The molecule has 4 rings (SSSR count). The van der Waals surface area contributed by atoms with Gasteiger partial charge in [0.2, 0.25) is 0 Å². The molecule has 1 aromatic carbocycles. The van der Waals surface area contributed by atoms with Crippen LogP contribution in [0.5, 0.6) is 5.75 Å². The monoisotopic (exact) mass is 414 g/mol. The smallest absolute Gasteiger partial charge is 0.320 e. The third-order valence-electron chi connectivity index (χ3n) is 5.48. The van der Waals surface area contributed by atoms with Crippen molar-refractivity contribution in [2.24, 2.45) is 5.92 Å². The standard InChI is InChI=1S/C19H21ClF2N2O4/c20-15-6-13(21)1-2-17(15)28-11-19(22)9-24(10-19)18(26)23-4-3-16-12(7-23)5-14(25)8-27-16/h1-2,6,12,16H,3-5,7-11H2/t12-,16+/m1/s1. The Kier molecular flexibility index (Phi) is 5.18. The summed E-state index contributed by atoms with van der Waals surface area (Å²) < 4.78 is 38.7. The summed E-state index contributed by atoms with van der Waals surface area (Å²) >= 11 is 5.87. The number of fused-ring (bicyclic) bond motifs is 1. The molecular formula is C19H21ClF2N2O4. The number of amides is 2. The van der Waals surface area contributed by atoms with Gasteiger partial charge < -0.3 is 19.3 Å². The van der Waals surface area contributed by atoms with Crippen molar-refractivity contribution in [1.29, 1.82) is 0 Å². The molecule has 3 saturated heterocycles. The number of piperidine rings is 1. The lowest BCUT2D eigenvalue weighted by Crippen LogP contribution is -2.66. The summed E-state index contributed by atoms with van der Waals surface area (Å²) in [6.07, 6.45) is 1.13. The zero-order valence-corrected chi connectivity index (χ0v) is 16.0. The zero-order valence-electron chi connectivity index (χ0n) is 15.2. The van der Waals surface area contributed by atoms with Crippen molar-refractivity contribution in [1.82, 2.24) is 9.80 Å². The Hall–Kier alpha value is -1.93. The number of benzene rings is 1. The summed E-state index contributed by atoms with van der Waals surface area (Å²) in [6, 6.07) is 3.40. The minimum absolute atomic E-state index is 0.0133. The van der Waals surface area contributed by atoms with E-state index in [1.54, 1.807) is 4.90 Å². The molecule has 1 aromatic rings. The van der Waals surface area contributed by atoms with Gasteiger partial charge in [0.1, 0.15) is 24.8 Å². The van der Waals surface area contributed by atoms with E-state index >= 15 is 0 Å². The number of Topliss-reactive ketones (excluding diaryl/α,β-unsaturated/α-hetero) is 1. The van der Waals surface area contributed by atoms with Crippen LogP contribution in [0.25, 0.3) is 0 Å². The molecule has 3 heterocycles. The van der Waals surface area contributed by atoms with Gasteiger partial charge in [0.05, 0.1) is 24.2 Å². The fourth-order valence-corrected chi connectivity index (χ4v) is 4.24. The number of hydrogen-bond acceptors (Lipinski definition) is 4. The number of nitrogens with zero attached hydrogens (tertiary/aromatic N) is 2. The van der Waals surface area contributed by atoms with Gasteiger partial charge in [-0.25, -0.2) is 13.6 Å². The van der Waals surface area contributed by atoms with E-state index in [-0.39, 0.29) is 60.9 Å². The van der Waals surface area contributed by atoms with Gasteiger partial charge >= 0.3 is 6.03 Å². The van der Waals surface area contributed by atoms with Crippen LogP contribution in [0.1, 0.15) is 12.8 Å². The molecule has 0 aliphatic carbocycles. The number of halogens is 3. The third kappa shape index (κ3) is 3.93. The second kappa shape index (κ2) is 7.48. The van der Waals surface area contributed by atoms with Crippen molar-refractivity contribution in [3.8, 4) is 5.75 Å². The van der Waals surface area contributed by atoms with Crippen molar-refractivity contribution in [2.45, 2.75) is 24.6 Å². The molecule has 0 spiro atoms. The molecule has 2 amide bonds. The van der Waals surface area contributed by atoms with Gasteiger partial charge in [-0.3, -0.25) is 4.79 Å². The Morgan fingerprint density at radius 1 is 1.36 bits per heavy atom. The molecule has 2 atom stereocenters. The summed E-state index contributed by atoms with van der Waals surface area (Å²) in [7, 11) is 0. The first kappa shape index (κ1) is 19.4. The summed E-state index contributed by atoms with van der Waals surface area (Å²) in [5.74, 6) is -0.228. The van der Waals surface area contributed by atoms with Crippen molar-refractivity contribution in [3.05, 3.63) is 29.0 Å². The summed E-state index contributed by atoms with van der Waals surface area (Å²) in [6.45, 7) is 0.715. The van der Waals surface area contributed by atoms with Crippen LogP contribution in [-0.2, 0) is 9.53 Å². The predicted octanol–water partition coefficient (Wildman–Crippen LogP) is 2.68. The maximum atomic E-state index is 14.8. The lowest BCUT2D eigenvalue weighted by Gasteiger charge is -2.48. The largest absolute Gasteiger partial charge is 0.489 e. The maximum absolute atomic E-state index is 14.8. The topological polar surface area (TPSA) is 59.1 Å². The molecular weight excluding hydrogens is 394 g/mol. The van der Waals surface area contributed by atoms with Gasteiger partial charge in [-0.2, -0.15) is 0 Å². The third-order valence-corrected chi connectivity index (χ3v) is 5.78. The number of hydrogen-bond donors (Lipinski definition) is 0. The minimum Gasteiger partial charge on any atom is -0.489 e. The van der Waals surface area contributed by atoms with E-state index in [1.165, 1.54) is 17.0 Å². The average Bonchev–Trinajstić information content (AvgIpc) is 2.64. The predicted molar refractivity (Wildman–Crippen MR) is 96.8 cm³/mol. The maximum Gasteiger partial charge on any atom is 0.320 e. The fraction of sp³-hybridized carbons (Fsp3) is 0.579. The second-order valence-corrected chi connectivity index (χ2v) is 8.15. The van der Waals surface area contributed by atoms with Crippen molar-refractivity contribution < 1.29 is 27.8 Å². The molecule has 0 aromatic heterocycles. The van der Waals surface area contributed by atoms with Crippen LogP contribution in [0.2, 0.25) is 5.02 Å². The summed E-state index contributed by atoms with van der Waals surface area (Å²) in [5.41, 5.74) is -1.67. The van der Waals surface area contributed by atoms with Gasteiger partial charge in [0.15, 0.2) is 11.5 Å². The SMILES string of the molecule is O=C1CO[C@H]2CCN(C(=O)N3CC(F)(COc4ccc(F)cc4Cl)C3)C[C@H]2C1. The Morgan fingerprint density at radius 3 is 2.89 bits per heavy atom. The molecule has 3 fully saturated rings. The highest BCUT2D eigenvalue weighted by Crippen LogP contribution is 2.32. The van der Waals surface area contributed by atoms with Crippen LogP contribution in [0, 0.1) is 11.7 Å². The van der Waals surface area contributed by atoms with Crippen LogP contribution in [-0.4, -0.2) is 72.8 Å². The number of rotatable bonds is 3. The molecule has 28 heavy (non-hydrogen) atoms. The first-order valence-electron chi connectivity index (χ1n) is 9.27. The van der Waals surface area contributed by atoms with Crippen molar-refractivity contribution in [2.75, 3.05) is 39.4 Å². The highest BCUT2D eigenvalue weighted by Gasteiger charge is 2.49. The highest BCUT2D eigenvalue weighted by atomic mass is 35.5. The van der Waals surface area contributed by atoms with Gasteiger partial charge in [0.25, 0.3) is 0 Å². The van der Waals surface area contributed by atoms with Crippen LogP contribution in [0.15, 0.2) is 18.2 Å². The van der Waals surface area contributed by atoms with Crippen LogP contribution in [0.3, 0.4) is 0 Å². The first-order valence-corrected chi connectivity index (χ1v) is 9.65. The first-order chi connectivity index (χ1) is 13.3. The van der Waals surface area contributed by atoms with E-state index in [0.29, 0.717) is 25.9 Å². The van der Waals surface area contributed by atoms with E-state index in [0.717, 1.165) is 6.07 Å². The minimum atomic E-state index is -1.67. The van der Waals surface area contributed by atoms with E-state index in [9.17, 15) is 18.4 Å². The number of ether oxygens (including phenoxy) is 2. The quantitative estimate of drug-likeness (QED) is 0.763. The second-order valence-electron chi connectivity index (χ2n) is 7.74. The number of carbonyl (C=O) groups is 2. The van der Waals surface area contributed by atoms with Crippen molar-refractivity contribution in [3.63, 3.8) is 0 Å². The fourth-order valence-electron chi connectivity index (χ4n) is 4.01. The van der Waals surface area contributed by atoms with E-state index in [2.05, 4.69) is 0 Å². The number of alkyl halides is 1. The highest BCUT2D eigenvalue weighted by molar-refractivity contribution is 6.32. The number of likely N-dealkylation sites (tertiary alicyclic amines) is 2. The van der Waals surface area contributed by atoms with Gasteiger partial charge in [-0.15, -0.1) is 0 Å². The molecule has 152 valence electrons. The normalized spacial score (nSPS) is 26.5. The molecule has 0 bridgehead atoms. The number of carbonyl (C=O) groups excluding carboxylic acids is 2. The lowest BCUT2D eigenvalue weighted by atomic mass is 9.88. The Bertz CT molecular complexity index is 787. The molecule has 0 radical (unpaired) electrons. The summed E-state index contributed by atoms with van der Waals surface area (Å²) in [5, 5.41) is 0.0722. The molecule has 0 N–H and O–H groups in total. The van der Waals surface area contributed by atoms with Crippen LogP contribution >= 0.6 is 11.6 Å². The Balaban J connectivity index is 1.28. The van der Waals surface area contributed by atoms with Gasteiger partial charge in [0, 0.05) is 25.4 Å². The van der Waals surface area contributed by atoms with Crippen LogP contribution in [0.4, 0.5) is 13.6 Å². The van der Waals surface area contributed by atoms with Gasteiger partial charge in [-0.1, -0.05) is 11.6 Å². The lowest BCUT2D eigenvalue weighted by molar-refractivity contribution is -0.140. The number of urea groups is 1. The molecule has 3 aliphatic rings. The molecule has 0 saturated carbocycles.